The lowest BCUT2D eigenvalue weighted by atomic mass is 9.96. The largest absolute Gasteiger partial charge is 0.396 e. The Labute approximate surface area is 131 Å². The van der Waals surface area contributed by atoms with E-state index in [1.165, 1.54) is 0 Å². The average molecular weight is 319 g/mol. The van der Waals surface area contributed by atoms with Gasteiger partial charge in [0.15, 0.2) is 0 Å². The normalized spacial score (nSPS) is 14.5. The van der Waals surface area contributed by atoms with Crippen LogP contribution in [-0.4, -0.2) is 20.1 Å². The highest BCUT2D eigenvalue weighted by Crippen LogP contribution is 2.24. The molecule has 22 heavy (non-hydrogen) atoms. The Morgan fingerprint density at radius 3 is 2.18 bits per heavy atom. The summed E-state index contributed by atoms with van der Waals surface area (Å²) in [6.45, 7) is 3.62. The van der Waals surface area contributed by atoms with E-state index < -0.39 is 16.1 Å². The predicted molar refractivity (Wildman–Crippen MR) is 86.9 cm³/mol. The number of aliphatic hydroxyl groups is 1. The predicted octanol–water partition coefficient (Wildman–Crippen LogP) is 2.64. The van der Waals surface area contributed by atoms with Crippen molar-refractivity contribution in [3.05, 3.63) is 65.7 Å². The molecule has 2 atom stereocenters. The fraction of sp³-hybridized carbons (Fsp3) is 0.294. The van der Waals surface area contributed by atoms with Gasteiger partial charge in [-0.2, -0.15) is 0 Å². The first-order chi connectivity index (χ1) is 10.4. The summed E-state index contributed by atoms with van der Waals surface area (Å²) in [5.74, 6) is -0.234. The summed E-state index contributed by atoms with van der Waals surface area (Å²) in [4.78, 5) is 0.226. The maximum absolute atomic E-state index is 12.6. The van der Waals surface area contributed by atoms with Crippen molar-refractivity contribution in [1.82, 2.24) is 4.72 Å². The zero-order chi connectivity index (χ0) is 16.2. The third-order valence-corrected chi connectivity index (χ3v) is 5.09. The van der Waals surface area contributed by atoms with Crippen LogP contribution in [0.5, 0.6) is 0 Å². The molecule has 0 saturated heterocycles. The van der Waals surface area contributed by atoms with E-state index in [0.29, 0.717) is 0 Å². The first kappa shape index (κ1) is 16.7. The molecule has 4 nitrogen and oxygen atoms in total. The van der Waals surface area contributed by atoms with E-state index in [-0.39, 0.29) is 17.4 Å². The zero-order valence-electron chi connectivity index (χ0n) is 12.7. The number of aliphatic hydroxyl groups excluding tert-OH is 1. The van der Waals surface area contributed by atoms with Gasteiger partial charge in [0.1, 0.15) is 0 Å². The summed E-state index contributed by atoms with van der Waals surface area (Å²) in [5.41, 5.74) is 1.84. The van der Waals surface area contributed by atoms with Crippen molar-refractivity contribution in [3.8, 4) is 0 Å². The number of aryl methyl sites for hydroxylation is 1. The van der Waals surface area contributed by atoms with Gasteiger partial charge in [-0.1, -0.05) is 55.0 Å². The molecule has 0 spiro atoms. The fourth-order valence-corrected chi connectivity index (χ4v) is 3.56. The van der Waals surface area contributed by atoms with Crippen LogP contribution in [0.15, 0.2) is 59.5 Å². The Morgan fingerprint density at radius 2 is 1.64 bits per heavy atom. The fourth-order valence-electron chi connectivity index (χ4n) is 2.23. The van der Waals surface area contributed by atoms with Crippen LogP contribution in [0.25, 0.3) is 0 Å². The SMILES string of the molecule is Cc1ccc(S(=O)(=O)N[C@H](c2ccccc2)[C@H](C)CO)cc1. The summed E-state index contributed by atoms with van der Waals surface area (Å²) in [6, 6.07) is 15.5. The molecule has 0 amide bonds. The van der Waals surface area contributed by atoms with E-state index in [9.17, 15) is 13.5 Å². The molecule has 0 aliphatic heterocycles. The Bertz CT molecular complexity index is 696. The second kappa shape index (κ2) is 7.05. The van der Waals surface area contributed by atoms with Crippen LogP contribution in [0.2, 0.25) is 0 Å². The molecule has 0 aliphatic rings. The van der Waals surface area contributed by atoms with Crippen molar-refractivity contribution in [2.24, 2.45) is 5.92 Å². The van der Waals surface area contributed by atoms with Gasteiger partial charge in [-0.05, 0) is 30.5 Å². The van der Waals surface area contributed by atoms with Crippen LogP contribution in [0.3, 0.4) is 0 Å². The number of rotatable bonds is 6. The van der Waals surface area contributed by atoms with Gasteiger partial charge in [0.2, 0.25) is 10.0 Å². The maximum Gasteiger partial charge on any atom is 0.241 e. The zero-order valence-corrected chi connectivity index (χ0v) is 13.5. The van der Waals surface area contributed by atoms with E-state index in [1.807, 2.05) is 44.2 Å². The molecular formula is C17H21NO3S. The number of sulfonamides is 1. The Kier molecular flexibility index (Phi) is 5.34. The van der Waals surface area contributed by atoms with Crippen LogP contribution in [0.4, 0.5) is 0 Å². The lowest BCUT2D eigenvalue weighted by Crippen LogP contribution is -2.33. The molecule has 2 N–H and O–H groups in total. The molecule has 2 rings (SSSR count). The van der Waals surface area contributed by atoms with Crippen molar-refractivity contribution in [1.29, 1.82) is 0 Å². The second-order valence-electron chi connectivity index (χ2n) is 5.48. The molecule has 0 saturated carbocycles. The first-order valence-corrected chi connectivity index (χ1v) is 8.67. The lowest BCUT2D eigenvalue weighted by Gasteiger charge is -2.24. The van der Waals surface area contributed by atoms with Gasteiger partial charge in [-0.25, -0.2) is 13.1 Å². The number of hydrogen-bond acceptors (Lipinski definition) is 3. The number of nitrogens with one attached hydrogen (secondary N) is 1. The van der Waals surface area contributed by atoms with Gasteiger partial charge < -0.3 is 5.11 Å². The van der Waals surface area contributed by atoms with Crippen molar-refractivity contribution in [3.63, 3.8) is 0 Å². The summed E-state index contributed by atoms with van der Waals surface area (Å²) in [7, 11) is -3.64. The van der Waals surface area contributed by atoms with Crippen LogP contribution in [0.1, 0.15) is 24.1 Å². The Balaban J connectivity index is 2.32. The Morgan fingerprint density at radius 1 is 1.05 bits per heavy atom. The van der Waals surface area contributed by atoms with Crippen molar-refractivity contribution < 1.29 is 13.5 Å². The number of benzene rings is 2. The van der Waals surface area contributed by atoms with Crippen LogP contribution in [-0.2, 0) is 10.0 Å². The van der Waals surface area contributed by atoms with Gasteiger partial charge >= 0.3 is 0 Å². The molecule has 0 unspecified atom stereocenters. The highest BCUT2D eigenvalue weighted by Gasteiger charge is 2.25. The second-order valence-corrected chi connectivity index (χ2v) is 7.20. The molecule has 2 aromatic carbocycles. The standard InChI is InChI=1S/C17H21NO3S/c1-13-8-10-16(11-9-13)22(20,21)18-17(14(2)12-19)15-6-4-3-5-7-15/h3-11,14,17-19H,12H2,1-2H3/t14-,17+/m1/s1. The molecule has 0 heterocycles. The molecule has 0 fully saturated rings. The van der Waals surface area contributed by atoms with Gasteiger partial charge in [-0.15, -0.1) is 0 Å². The smallest absolute Gasteiger partial charge is 0.241 e. The van der Waals surface area contributed by atoms with E-state index >= 15 is 0 Å². The number of hydrogen-bond donors (Lipinski definition) is 2. The molecule has 0 bridgehead atoms. The van der Waals surface area contributed by atoms with E-state index in [1.54, 1.807) is 24.3 Å². The van der Waals surface area contributed by atoms with Gasteiger partial charge in [-0.3, -0.25) is 0 Å². The monoisotopic (exact) mass is 319 g/mol. The van der Waals surface area contributed by atoms with E-state index in [0.717, 1.165) is 11.1 Å². The van der Waals surface area contributed by atoms with Gasteiger partial charge in [0, 0.05) is 6.61 Å². The van der Waals surface area contributed by atoms with Crippen LogP contribution < -0.4 is 4.72 Å². The van der Waals surface area contributed by atoms with Gasteiger partial charge in [0.05, 0.1) is 10.9 Å². The van der Waals surface area contributed by atoms with E-state index in [4.69, 9.17) is 0 Å². The molecular weight excluding hydrogens is 298 g/mol. The quantitative estimate of drug-likeness (QED) is 0.860. The minimum atomic E-state index is -3.64. The third kappa shape index (κ3) is 3.94. The molecule has 0 aliphatic carbocycles. The lowest BCUT2D eigenvalue weighted by molar-refractivity contribution is 0.211. The van der Waals surface area contributed by atoms with Gasteiger partial charge in [0.25, 0.3) is 0 Å². The molecule has 0 aromatic heterocycles. The van der Waals surface area contributed by atoms with Crippen molar-refractivity contribution in [2.75, 3.05) is 6.61 Å². The summed E-state index contributed by atoms with van der Waals surface area (Å²) in [6.07, 6.45) is 0. The minimum absolute atomic E-state index is 0.101. The van der Waals surface area contributed by atoms with Crippen molar-refractivity contribution >= 4 is 10.0 Å². The maximum atomic E-state index is 12.6. The molecule has 5 heteroatoms. The third-order valence-electron chi connectivity index (χ3n) is 3.63. The molecule has 118 valence electrons. The summed E-state index contributed by atoms with van der Waals surface area (Å²) >= 11 is 0. The highest BCUT2D eigenvalue weighted by atomic mass is 32.2. The topological polar surface area (TPSA) is 66.4 Å². The Hall–Kier alpha value is -1.69. The van der Waals surface area contributed by atoms with Crippen molar-refractivity contribution in [2.45, 2.75) is 24.8 Å². The van der Waals surface area contributed by atoms with Crippen LogP contribution in [0, 0.1) is 12.8 Å². The molecule has 2 aromatic rings. The van der Waals surface area contributed by atoms with E-state index in [2.05, 4.69) is 4.72 Å². The minimum Gasteiger partial charge on any atom is -0.396 e. The molecule has 0 radical (unpaired) electrons. The average Bonchev–Trinajstić information content (AvgIpc) is 2.53. The summed E-state index contributed by atoms with van der Waals surface area (Å²) < 4.78 is 27.8. The summed E-state index contributed by atoms with van der Waals surface area (Å²) in [5, 5.41) is 9.44. The highest BCUT2D eigenvalue weighted by molar-refractivity contribution is 7.89. The van der Waals surface area contributed by atoms with Crippen LogP contribution >= 0.6 is 0 Å². The first-order valence-electron chi connectivity index (χ1n) is 7.19.